The Morgan fingerprint density at radius 3 is 2.59 bits per heavy atom. The highest BCUT2D eigenvalue weighted by Crippen LogP contribution is 2.33. The van der Waals surface area contributed by atoms with Gasteiger partial charge in [-0.2, -0.15) is 0 Å². The van der Waals surface area contributed by atoms with Gasteiger partial charge >= 0.3 is 5.97 Å². The van der Waals surface area contributed by atoms with Crippen LogP contribution >= 0.6 is 0 Å². The number of non-ortho nitro benzene ring substituents is 1. The van der Waals surface area contributed by atoms with Crippen molar-refractivity contribution in [1.82, 2.24) is 0 Å². The van der Waals surface area contributed by atoms with Gasteiger partial charge in [0.05, 0.1) is 16.2 Å². The number of esters is 1. The van der Waals surface area contributed by atoms with Gasteiger partial charge < -0.3 is 19.1 Å². The zero-order valence-corrected chi connectivity index (χ0v) is 15.5. The van der Waals surface area contributed by atoms with E-state index in [0.717, 1.165) is 25.9 Å². The summed E-state index contributed by atoms with van der Waals surface area (Å²) in [4.78, 5) is 37.6. The number of nitro benzene ring substituents is 1. The lowest BCUT2D eigenvalue weighted by Gasteiger charge is -2.20. The van der Waals surface area contributed by atoms with E-state index in [0.29, 0.717) is 22.7 Å². The van der Waals surface area contributed by atoms with Crippen LogP contribution in [0.15, 0.2) is 36.4 Å². The first kappa shape index (κ1) is 18.7. The molecule has 9 nitrogen and oxygen atoms in total. The minimum absolute atomic E-state index is 0.0830. The maximum atomic E-state index is 12.7. The smallest absolute Gasteiger partial charge is 0.340 e. The van der Waals surface area contributed by atoms with E-state index in [4.69, 9.17) is 14.2 Å². The second-order valence-corrected chi connectivity index (χ2v) is 6.72. The summed E-state index contributed by atoms with van der Waals surface area (Å²) in [6.07, 6.45) is 1.96. The molecule has 150 valence electrons. The third kappa shape index (κ3) is 3.84. The molecule has 1 saturated heterocycles. The van der Waals surface area contributed by atoms with E-state index < -0.39 is 23.3 Å². The van der Waals surface area contributed by atoms with Crippen molar-refractivity contribution in [1.29, 1.82) is 0 Å². The average Bonchev–Trinajstić information content (AvgIpc) is 3.42. The molecule has 0 atom stereocenters. The number of ether oxygens (including phenoxy) is 3. The molecule has 2 heterocycles. The van der Waals surface area contributed by atoms with Crippen molar-refractivity contribution >= 4 is 23.1 Å². The Kier molecular flexibility index (Phi) is 5.03. The lowest BCUT2D eigenvalue weighted by atomic mass is 10.1. The van der Waals surface area contributed by atoms with E-state index in [1.807, 2.05) is 4.90 Å². The standard InChI is InChI=1S/C20H18N2O7/c23-17(13-3-6-18-19(9-13)29-12-28-18)11-27-20(24)15-10-14(22(25)26)4-5-16(15)21-7-1-2-8-21/h3-6,9-10H,1-2,7-8,11-12H2. The molecular formula is C20H18N2O7. The summed E-state index contributed by atoms with van der Waals surface area (Å²) < 4.78 is 15.6. The van der Waals surface area contributed by atoms with E-state index in [1.54, 1.807) is 18.2 Å². The first-order valence-corrected chi connectivity index (χ1v) is 9.16. The van der Waals surface area contributed by atoms with Crippen molar-refractivity contribution in [2.45, 2.75) is 12.8 Å². The summed E-state index contributed by atoms with van der Waals surface area (Å²) in [5.74, 6) is -0.183. The summed E-state index contributed by atoms with van der Waals surface area (Å²) in [6, 6.07) is 8.82. The minimum Gasteiger partial charge on any atom is -0.454 e. The number of fused-ring (bicyclic) bond motifs is 1. The fraction of sp³-hybridized carbons (Fsp3) is 0.300. The SMILES string of the molecule is O=C(COC(=O)c1cc([N+](=O)[O-])ccc1N1CCCC1)c1ccc2c(c1)OCO2. The molecule has 0 spiro atoms. The lowest BCUT2D eigenvalue weighted by molar-refractivity contribution is -0.384. The Hall–Kier alpha value is -3.62. The molecule has 0 amide bonds. The predicted molar refractivity (Wildman–Crippen MR) is 102 cm³/mol. The van der Waals surface area contributed by atoms with Crippen LogP contribution in [0.3, 0.4) is 0 Å². The molecule has 2 aromatic carbocycles. The third-order valence-corrected chi connectivity index (χ3v) is 4.89. The van der Waals surface area contributed by atoms with E-state index in [-0.39, 0.29) is 18.0 Å². The van der Waals surface area contributed by atoms with Gasteiger partial charge in [-0.05, 0) is 37.1 Å². The largest absolute Gasteiger partial charge is 0.454 e. The highest BCUT2D eigenvalue weighted by atomic mass is 16.7. The first-order valence-electron chi connectivity index (χ1n) is 9.16. The molecule has 2 aliphatic rings. The topological polar surface area (TPSA) is 108 Å². The van der Waals surface area contributed by atoms with Crippen LogP contribution in [0.5, 0.6) is 11.5 Å². The summed E-state index contributed by atoms with van der Waals surface area (Å²) in [7, 11) is 0. The molecule has 29 heavy (non-hydrogen) atoms. The van der Waals surface area contributed by atoms with Gasteiger partial charge in [0.25, 0.3) is 5.69 Å². The van der Waals surface area contributed by atoms with Crippen LogP contribution < -0.4 is 14.4 Å². The normalized spacial score (nSPS) is 14.7. The predicted octanol–water partition coefficient (Wildman–Crippen LogP) is 2.96. The van der Waals surface area contributed by atoms with E-state index in [1.165, 1.54) is 18.2 Å². The molecule has 0 aromatic heterocycles. The number of carbonyl (C=O) groups excluding carboxylic acids is 2. The van der Waals surface area contributed by atoms with Crippen LogP contribution in [0.25, 0.3) is 0 Å². The van der Waals surface area contributed by atoms with E-state index in [2.05, 4.69) is 0 Å². The highest BCUT2D eigenvalue weighted by molar-refractivity contribution is 6.01. The Morgan fingerprint density at radius 2 is 1.83 bits per heavy atom. The van der Waals surface area contributed by atoms with Crippen LogP contribution in [0, 0.1) is 10.1 Å². The van der Waals surface area contributed by atoms with Crippen LogP contribution in [0.1, 0.15) is 33.6 Å². The molecule has 9 heteroatoms. The summed E-state index contributed by atoms with van der Waals surface area (Å²) in [5.41, 5.74) is 0.774. The number of hydrogen-bond acceptors (Lipinski definition) is 8. The Morgan fingerprint density at radius 1 is 1.07 bits per heavy atom. The minimum atomic E-state index is -0.773. The van der Waals surface area contributed by atoms with Gasteiger partial charge in [-0.1, -0.05) is 0 Å². The van der Waals surface area contributed by atoms with Crippen molar-refractivity contribution in [3.63, 3.8) is 0 Å². The van der Waals surface area contributed by atoms with Crippen molar-refractivity contribution in [3.8, 4) is 11.5 Å². The molecule has 0 bridgehead atoms. The molecule has 0 unspecified atom stereocenters. The number of Topliss-reactive ketones (excluding diaryl/α,β-unsaturated/α-hetero) is 1. The molecule has 1 fully saturated rings. The second kappa shape index (κ2) is 7.78. The van der Waals surface area contributed by atoms with Crippen LogP contribution in [0.2, 0.25) is 0 Å². The third-order valence-electron chi connectivity index (χ3n) is 4.89. The van der Waals surface area contributed by atoms with Gasteiger partial charge in [0, 0.05) is 30.8 Å². The summed E-state index contributed by atoms with van der Waals surface area (Å²) in [6.45, 7) is 1.12. The molecule has 4 rings (SSSR count). The summed E-state index contributed by atoms with van der Waals surface area (Å²) >= 11 is 0. The zero-order chi connectivity index (χ0) is 20.4. The number of nitro groups is 1. The first-order chi connectivity index (χ1) is 14.0. The quantitative estimate of drug-likeness (QED) is 0.316. The van der Waals surface area contributed by atoms with Gasteiger partial charge in [0.2, 0.25) is 6.79 Å². The monoisotopic (exact) mass is 398 g/mol. The average molecular weight is 398 g/mol. The zero-order valence-electron chi connectivity index (χ0n) is 15.5. The molecule has 2 aromatic rings. The van der Waals surface area contributed by atoms with E-state index >= 15 is 0 Å². The van der Waals surface area contributed by atoms with Crippen LogP contribution in [-0.2, 0) is 4.74 Å². The molecular weight excluding hydrogens is 380 g/mol. The second-order valence-electron chi connectivity index (χ2n) is 6.72. The van der Waals surface area contributed by atoms with Crippen molar-refractivity contribution in [2.24, 2.45) is 0 Å². The number of nitrogens with zero attached hydrogens (tertiary/aromatic N) is 2. The number of hydrogen-bond donors (Lipinski definition) is 0. The van der Waals surface area contributed by atoms with Gasteiger partial charge in [-0.15, -0.1) is 0 Å². The molecule has 0 radical (unpaired) electrons. The maximum absolute atomic E-state index is 12.7. The molecule has 0 aliphatic carbocycles. The van der Waals surface area contributed by atoms with Crippen LogP contribution in [0.4, 0.5) is 11.4 Å². The fourth-order valence-corrected chi connectivity index (χ4v) is 3.40. The van der Waals surface area contributed by atoms with Gasteiger partial charge in [0.1, 0.15) is 0 Å². The summed E-state index contributed by atoms with van der Waals surface area (Å²) in [5, 5.41) is 11.1. The number of carbonyl (C=O) groups is 2. The van der Waals surface area contributed by atoms with E-state index in [9.17, 15) is 19.7 Å². The Balaban J connectivity index is 1.50. The molecule has 0 saturated carbocycles. The van der Waals surface area contributed by atoms with Gasteiger partial charge in [0.15, 0.2) is 23.9 Å². The van der Waals surface area contributed by atoms with Crippen molar-refractivity contribution in [2.75, 3.05) is 31.4 Å². The Bertz CT molecular complexity index is 983. The van der Waals surface area contributed by atoms with Crippen molar-refractivity contribution in [3.05, 3.63) is 57.6 Å². The number of rotatable bonds is 6. The number of benzene rings is 2. The Labute approximate surface area is 165 Å². The maximum Gasteiger partial charge on any atom is 0.340 e. The van der Waals surface area contributed by atoms with Gasteiger partial charge in [-0.3, -0.25) is 14.9 Å². The highest BCUT2D eigenvalue weighted by Gasteiger charge is 2.24. The van der Waals surface area contributed by atoms with Gasteiger partial charge in [-0.25, -0.2) is 4.79 Å². The van der Waals surface area contributed by atoms with Crippen LogP contribution in [-0.4, -0.2) is 43.2 Å². The molecule has 2 aliphatic heterocycles. The molecule has 0 N–H and O–H groups in total. The number of ketones is 1. The number of anilines is 1. The van der Waals surface area contributed by atoms with Crippen molar-refractivity contribution < 1.29 is 28.7 Å². The fourth-order valence-electron chi connectivity index (χ4n) is 3.40. The lowest BCUT2D eigenvalue weighted by Crippen LogP contribution is -2.22.